The summed E-state index contributed by atoms with van der Waals surface area (Å²) in [4.78, 5) is 44.2. The largest absolute Gasteiger partial charge is 0.482 e. The molecule has 200 valence electrons. The van der Waals surface area contributed by atoms with Crippen LogP contribution in [0.2, 0.25) is 0 Å². The monoisotopic (exact) mass is 530 g/mol. The molecule has 0 aliphatic carbocycles. The number of nitrogens with zero attached hydrogens (tertiary/aromatic N) is 2. The summed E-state index contributed by atoms with van der Waals surface area (Å²) in [5, 5.41) is 0.968. The van der Waals surface area contributed by atoms with E-state index in [9.17, 15) is 18.8 Å². The minimum Gasteiger partial charge on any atom is -0.482 e. The van der Waals surface area contributed by atoms with Crippen LogP contribution < -0.4 is 5.56 Å². The predicted molar refractivity (Wildman–Crippen MR) is 142 cm³/mol. The van der Waals surface area contributed by atoms with Crippen molar-refractivity contribution in [2.24, 2.45) is 0 Å². The van der Waals surface area contributed by atoms with Gasteiger partial charge in [0.25, 0.3) is 5.56 Å². The Kier molecular flexibility index (Phi) is 6.91. The zero-order valence-corrected chi connectivity index (χ0v) is 21.7. The van der Waals surface area contributed by atoms with E-state index in [4.69, 9.17) is 19.2 Å². The summed E-state index contributed by atoms with van der Waals surface area (Å²) in [7, 11) is 0. The fourth-order valence-corrected chi connectivity index (χ4v) is 5.06. The maximum absolute atomic E-state index is 13.7. The van der Waals surface area contributed by atoms with Crippen molar-refractivity contribution in [3.05, 3.63) is 99.8 Å². The highest BCUT2D eigenvalue weighted by Crippen LogP contribution is 2.41. The van der Waals surface area contributed by atoms with E-state index in [1.165, 1.54) is 6.08 Å². The molecule has 5 rings (SSSR count). The van der Waals surface area contributed by atoms with Gasteiger partial charge in [0.05, 0.1) is 35.4 Å². The standard InChI is InChI=1S/C30H27FN2O6/c1-4-21(11-10-18(3)31)37-17-27(35)39-30(5-2)14-26(34)38-16-22-23(30)13-25-28-20(15-33(25)29(22)36)12-19-8-6-7-9-24(19)32-28/h4,6-13H,3,5,14-17H2,1-2H3/b11-10-,21-4+. The van der Waals surface area contributed by atoms with Gasteiger partial charge in [-0.2, -0.15) is 0 Å². The molecule has 9 heteroatoms. The topological polar surface area (TPSA) is 96.7 Å². The quantitative estimate of drug-likeness (QED) is 0.189. The van der Waals surface area contributed by atoms with E-state index in [0.717, 1.165) is 22.5 Å². The number of carbonyl (C=O) groups excluding carboxylic acids is 2. The first-order valence-electron chi connectivity index (χ1n) is 12.6. The molecule has 2 aliphatic heterocycles. The maximum Gasteiger partial charge on any atom is 0.345 e. The Balaban J connectivity index is 1.54. The predicted octanol–water partition coefficient (Wildman–Crippen LogP) is 4.98. The lowest BCUT2D eigenvalue weighted by molar-refractivity contribution is -0.170. The zero-order chi connectivity index (χ0) is 27.7. The van der Waals surface area contributed by atoms with E-state index in [-0.39, 0.29) is 36.3 Å². The molecule has 1 atom stereocenters. The molecule has 0 amide bonds. The summed E-state index contributed by atoms with van der Waals surface area (Å²) in [5.74, 6) is -1.77. The second-order valence-corrected chi connectivity index (χ2v) is 9.42. The molecule has 2 aliphatic rings. The van der Waals surface area contributed by atoms with E-state index in [1.807, 2.05) is 30.3 Å². The summed E-state index contributed by atoms with van der Waals surface area (Å²) in [6.45, 7) is 6.20. The number of cyclic esters (lactones) is 1. The van der Waals surface area contributed by atoms with Crippen LogP contribution in [0.25, 0.3) is 22.3 Å². The average molecular weight is 531 g/mol. The lowest BCUT2D eigenvalue weighted by Crippen LogP contribution is -2.37. The number of ether oxygens (including phenoxy) is 3. The second kappa shape index (κ2) is 10.3. The number of pyridine rings is 2. The third kappa shape index (κ3) is 4.87. The molecule has 1 unspecified atom stereocenters. The summed E-state index contributed by atoms with van der Waals surface area (Å²) in [6, 6.07) is 11.5. The summed E-state index contributed by atoms with van der Waals surface area (Å²) >= 11 is 0. The molecule has 0 spiro atoms. The SMILES string of the molecule is C=C(F)/C=C\C(=C/C)OCC(=O)OC1(CC)CC(=O)OCc2c1cc1n(c2=O)Cc2cc3ccccc3nc2-1. The van der Waals surface area contributed by atoms with Crippen molar-refractivity contribution in [3.63, 3.8) is 0 Å². The maximum atomic E-state index is 13.7. The van der Waals surface area contributed by atoms with Crippen LogP contribution in [0.3, 0.4) is 0 Å². The van der Waals surface area contributed by atoms with Gasteiger partial charge in [-0.1, -0.05) is 31.7 Å². The first-order valence-corrected chi connectivity index (χ1v) is 12.6. The van der Waals surface area contributed by atoms with Gasteiger partial charge >= 0.3 is 11.9 Å². The number of rotatable bonds is 7. The van der Waals surface area contributed by atoms with Gasteiger partial charge in [0.2, 0.25) is 0 Å². The van der Waals surface area contributed by atoms with Crippen molar-refractivity contribution >= 4 is 22.8 Å². The van der Waals surface area contributed by atoms with Crippen LogP contribution in [0.4, 0.5) is 4.39 Å². The molecule has 3 aromatic rings. The Bertz CT molecular complexity index is 1640. The summed E-state index contributed by atoms with van der Waals surface area (Å²) < 4.78 is 31.4. The number of halogens is 1. The minimum atomic E-state index is -1.45. The highest BCUT2D eigenvalue weighted by Gasteiger charge is 2.44. The number of para-hydroxylation sites is 1. The van der Waals surface area contributed by atoms with E-state index in [2.05, 4.69) is 6.58 Å². The molecule has 1 aromatic carbocycles. The number of aromatic nitrogens is 2. The van der Waals surface area contributed by atoms with Crippen LogP contribution in [-0.4, -0.2) is 28.1 Å². The van der Waals surface area contributed by atoms with E-state index in [0.29, 0.717) is 23.5 Å². The Morgan fingerprint density at radius 2 is 2.05 bits per heavy atom. The van der Waals surface area contributed by atoms with Crippen LogP contribution >= 0.6 is 0 Å². The Morgan fingerprint density at radius 3 is 2.79 bits per heavy atom. The molecule has 4 heterocycles. The van der Waals surface area contributed by atoms with Crippen molar-refractivity contribution in [2.75, 3.05) is 6.61 Å². The van der Waals surface area contributed by atoms with Gasteiger partial charge in [-0.05, 0) is 49.8 Å². The van der Waals surface area contributed by atoms with Crippen molar-refractivity contribution < 1.29 is 28.2 Å². The van der Waals surface area contributed by atoms with Crippen molar-refractivity contribution in [1.29, 1.82) is 0 Å². The first kappa shape index (κ1) is 26.1. The molecule has 39 heavy (non-hydrogen) atoms. The molecule has 0 saturated carbocycles. The molecule has 0 saturated heterocycles. The van der Waals surface area contributed by atoms with E-state index >= 15 is 0 Å². The lowest BCUT2D eigenvalue weighted by Gasteiger charge is -2.32. The van der Waals surface area contributed by atoms with Gasteiger partial charge in [0.15, 0.2) is 6.61 Å². The van der Waals surface area contributed by atoms with E-state index < -0.39 is 30.0 Å². The molecule has 0 radical (unpaired) electrons. The molecule has 2 aromatic heterocycles. The molecular weight excluding hydrogens is 503 g/mol. The van der Waals surface area contributed by atoms with Crippen molar-refractivity contribution in [2.45, 2.75) is 45.4 Å². The fraction of sp³-hybridized carbons (Fsp3) is 0.267. The normalized spacial score (nSPS) is 18.2. The third-order valence-electron chi connectivity index (χ3n) is 7.02. The van der Waals surface area contributed by atoms with Gasteiger partial charge in [-0.15, -0.1) is 0 Å². The molecule has 0 bridgehead atoms. The Labute approximate surface area is 224 Å². The number of benzene rings is 1. The molecule has 8 nitrogen and oxygen atoms in total. The number of hydrogen-bond acceptors (Lipinski definition) is 7. The van der Waals surface area contributed by atoms with Crippen LogP contribution in [0, 0.1) is 0 Å². The summed E-state index contributed by atoms with van der Waals surface area (Å²) in [5.41, 5.74) is 1.86. The van der Waals surface area contributed by atoms with Gasteiger partial charge in [0, 0.05) is 16.5 Å². The molecule has 0 N–H and O–H groups in total. The van der Waals surface area contributed by atoms with Gasteiger partial charge in [-0.3, -0.25) is 9.59 Å². The zero-order valence-electron chi connectivity index (χ0n) is 21.7. The molecular formula is C30H27FN2O6. The van der Waals surface area contributed by atoms with Crippen LogP contribution in [-0.2, 0) is 42.6 Å². The van der Waals surface area contributed by atoms with Gasteiger partial charge < -0.3 is 18.8 Å². The van der Waals surface area contributed by atoms with Crippen molar-refractivity contribution in [1.82, 2.24) is 9.55 Å². The lowest BCUT2D eigenvalue weighted by atomic mass is 9.85. The average Bonchev–Trinajstić information content (AvgIpc) is 3.21. The van der Waals surface area contributed by atoms with E-state index in [1.54, 1.807) is 30.6 Å². The first-order chi connectivity index (χ1) is 18.7. The Hall–Kier alpha value is -4.53. The van der Waals surface area contributed by atoms with Crippen molar-refractivity contribution in [3.8, 4) is 11.4 Å². The third-order valence-corrected chi connectivity index (χ3v) is 7.02. The molecule has 0 fully saturated rings. The highest BCUT2D eigenvalue weighted by atomic mass is 19.1. The number of fused-ring (bicyclic) bond motifs is 5. The number of esters is 2. The van der Waals surface area contributed by atoms with Crippen LogP contribution in [0.1, 0.15) is 43.4 Å². The second-order valence-electron chi connectivity index (χ2n) is 9.42. The van der Waals surface area contributed by atoms with Gasteiger partial charge in [-0.25, -0.2) is 14.2 Å². The minimum absolute atomic E-state index is 0.208. The number of allylic oxidation sites excluding steroid dienone is 4. The number of hydrogen-bond donors (Lipinski definition) is 0. The fourth-order valence-electron chi connectivity index (χ4n) is 5.06. The highest BCUT2D eigenvalue weighted by molar-refractivity contribution is 5.84. The Morgan fingerprint density at radius 1 is 1.26 bits per heavy atom. The van der Waals surface area contributed by atoms with Gasteiger partial charge in [0.1, 0.15) is 23.8 Å². The summed E-state index contributed by atoms with van der Waals surface area (Å²) in [6.07, 6.45) is 3.94. The smallest absolute Gasteiger partial charge is 0.345 e. The van der Waals surface area contributed by atoms with Crippen LogP contribution in [0.15, 0.2) is 77.6 Å². The van der Waals surface area contributed by atoms with Crippen LogP contribution in [0.5, 0.6) is 0 Å². The number of carbonyl (C=O) groups is 2.